The van der Waals surface area contributed by atoms with Crippen LogP contribution >= 0.6 is 11.8 Å². The molecule has 3 heteroatoms. The second-order valence-corrected chi connectivity index (χ2v) is 6.23. The molecule has 1 unspecified atom stereocenters. The lowest BCUT2D eigenvalue weighted by atomic mass is 9.93. The first kappa shape index (κ1) is 15.1. The van der Waals surface area contributed by atoms with Crippen LogP contribution in [0.25, 0.3) is 0 Å². The highest BCUT2D eigenvalue weighted by atomic mass is 32.2. The molecule has 2 nitrogen and oxygen atoms in total. The summed E-state index contributed by atoms with van der Waals surface area (Å²) in [7, 11) is 0. The van der Waals surface area contributed by atoms with E-state index in [1.54, 1.807) is 0 Å². The van der Waals surface area contributed by atoms with Crippen LogP contribution in [0.2, 0.25) is 0 Å². The fraction of sp³-hybridized carbons (Fsp3) is 0.294. The van der Waals surface area contributed by atoms with E-state index in [0.717, 1.165) is 5.75 Å². The molecule has 1 atom stereocenters. The molecule has 106 valence electrons. The van der Waals surface area contributed by atoms with Gasteiger partial charge in [-0.1, -0.05) is 37.3 Å². The Kier molecular flexibility index (Phi) is 5.24. The molecule has 0 aliphatic rings. The summed E-state index contributed by atoms with van der Waals surface area (Å²) in [5.41, 5.74) is 7.97. The summed E-state index contributed by atoms with van der Waals surface area (Å²) in [6.45, 7) is 6.45. The molecule has 2 aromatic rings. The van der Waals surface area contributed by atoms with E-state index in [-0.39, 0.29) is 6.04 Å². The van der Waals surface area contributed by atoms with Crippen LogP contribution < -0.4 is 11.3 Å². The van der Waals surface area contributed by atoms with Crippen LogP contribution in [0.5, 0.6) is 0 Å². The van der Waals surface area contributed by atoms with Crippen molar-refractivity contribution in [1.82, 2.24) is 5.43 Å². The topological polar surface area (TPSA) is 38.0 Å². The highest BCUT2D eigenvalue weighted by molar-refractivity contribution is 7.99. The molecular weight excluding hydrogens is 264 g/mol. The second kappa shape index (κ2) is 6.93. The maximum atomic E-state index is 5.80. The lowest BCUT2D eigenvalue weighted by Gasteiger charge is -2.20. The maximum absolute atomic E-state index is 5.80. The molecule has 2 rings (SSSR count). The Labute approximate surface area is 125 Å². The van der Waals surface area contributed by atoms with Gasteiger partial charge in [0.05, 0.1) is 6.04 Å². The Morgan fingerprint density at radius 3 is 2.40 bits per heavy atom. The van der Waals surface area contributed by atoms with Crippen molar-refractivity contribution >= 4 is 11.8 Å². The minimum absolute atomic E-state index is 0.0376. The Balaban J connectivity index is 2.34. The van der Waals surface area contributed by atoms with Crippen LogP contribution in [0.1, 0.15) is 35.2 Å². The Bertz CT molecular complexity index is 564. The summed E-state index contributed by atoms with van der Waals surface area (Å²) in [6.07, 6.45) is 0. The van der Waals surface area contributed by atoms with Crippen LogP contribution in [0, 0.1) is 13.8 Å². The molecule has 20 heavy (non-hydrogen) atoms. The molecule has 0 fully saturated rings. The van der Waals surface area contributed by atoms with Crippen LogP contribution in [-0.4, -0.2) is 5.75 Å². The van der Waals surface area contributed by atoms with E-state index in [1.165, 1.54) is 27.1 Å². The minimum Gasteiger partial charge on any atom is -0.271 e. The molecule has 0 heterocycles. The molecule has 2 aromatic carbocycles. The van der Waals surface area contributed by atoms with Gasteiger partial charge < -0.3 is 0 Å². The summed E-state index contributed by atoms with van der Waals surface area (Å²) in [4.78, 5) is 1.30. The van der Waals surface area contributed by atoms with Gasteiger partial charge in [-0.3, -0.25) is 5.84 Å². The van der Waals surface area contributed by atoms with Gasteiger partial charge in [0.25, 0.3) is 0 Å². The predicted molar refractivity (Wildman–Crippen MR) is 87.9 cm³/mol. The summed E-state index contributed by atoms with van der Waals surface area (Å²) in [5.74, 6) is 6.89. The smallest absolute Gasteiger partial charge is 0.0712 e. The summed E-state index contributed by atoms with van der Waals surface area (Å²) in [6, 6.07) is 15.0. The third-order valence-corrected chi connectivity index (χ3v) is 4.54. The number of aryl methyl sites for hydroxylation is 1. The molecule has 0 aliphatic carbocycles. The largest absolute Gasteiger partial charge is 0.271 e. The SMILES string of the molecule is CCSc1ccc(C(NN)c2cccc(C)c2C)cc1. The molecule has 0 amide bonds. The van der Waals surface area contributed by atoms with E-state index in [2.05, 4.69) is 68.7 Å². The highest BCUT2D eigenvalue weighted by Crippen LogP contribution is 2.27. The van der Waals surface area contributed by atoms with E-state index in [4.69, 9.17) is 5.84 Å². The quantitative estimate of drug-likeness (QED) is 0.496. The summed E-state index contributed by atoms with van der Waals surface area (Å²) >= 11 is 1.85. The molecule has 0 saturated heterocycles. The Morgan fingerprint density at radius 2 is 1.80 bits per heavy atom. The average Bonchev–Trinajstić information content (AvgIpc) is 2.46. The molecule has 0 spiro atoms. The van der Waals surface area contributed by atoms with E-state index in [1.807, 2.05) is 11.8 Å². The number of benzene rings is 2. The van der Waals surface area contributed by atoms with Crippen molar-refractivity contribution in [2.45, 2.75) is 31.7 Å². The molecule has 0 radical (unpaired) electrons. The number of hydrogen-bond acceptors (Lipinski definition) is 3. The van der Waals surface area contributed by atoms with Gasteiger partial charge in [-0.15, -0.1) is 11.8 Å². The number of rotatable bonds is 5. The van der Waals surface area contributed by atoms with Gasteiger partial charge in [-0.05, 0) is 54.0 Å². The van der Waals surface area contributed by atoms with Crippen molar-refractivity contribution in [1.29, 1.82) is 0 Å². The maximum Gasteiger partial charge on any atom is 0.0712 e. The summed E-state index contributed by atoms with van der Waals surface area (Å²) in [5, 5.41) is 0. The van der Waals surface area contributed by atoms with Gasteiger partial charge in [-0.25, -0.2) is 5.43 Å². The van der Waals surface area contributed by atoms with Crippen LogP contribution in [0.15, 0.2) is 47.4 Å². The van der Waals surface area contributed by atoms with Gasteiger partial charge in [0.15, 0.2) is 0 Å². The fourth-order valence-corrected chi connectivity index (χ4v) is 3.04. The van der Waals surface area contributed by atoms with Crippen LogP contribution in [-0.2, 0) is 0 Å². The van der Waals surface area contributed by atoms with Gasteiger partial charge in [-0.2, -0.15) is 0 Å². The number of hydrazine groups is 1. The summed E-state index contributed by atoms with van der Waals surface area (Å²) < 4.78 is 0. The third-order valence-electron chi connectivity index (χ3n) is 3.65. The van der Waals surface area contributed by atoms with Gasteiger partial charge in [0.2, 0.25) is 0 Å². The lowest BCUT2D eigenvalue weighted by molar-refractivity contribution is 0.633. The van der Waals surface area contributed by atoms with Crippen molar-refractivity contribution < 1.29 is 0 Å². The number of thioether (sulfide) groups is 1. The standard InChI is InChI=1S/C17H22N2S/c1-4-20-15-10-8-14(9-11-15)17(19-18)16-7-5-6-12(2)13(16)3/h5-11,17,19H,4,18H2,1-3H3. The van der Waals surface area contributed by atoms with Crippen molar-refractivity contribution in [3.63, 3.8) is 0 Å². The Hall–Kier alpha value is -1.29. The first-order valence-electron chi connectivity index (χ1n) is 6.92. The van der Waals surface area contributed by atoms with Crippen LogP contribution in [0.4, 0.5) is 0 Å². The molecule has 0 saturated carbocycles. The third kappa shape index (κ3) is 3.23. The van der Waals surface area contributed by atoms with Crippen molar-refractivity contribution in [3.05, 3.63) is 64.7 Å². The normalized spacial score (nSPS) is 12.4. The number of nitrogens with two attached hydrogens (primary N) is 1. The monoisotopic (exact) mass is 286 g/mol. The lowest BCUT2D eigenvalue weighted by Crippen LogP contribution is -2.29. The van der Waals surface area contributed by atoms with Gasteiger partial charge >= 0.3 is 0 Å². The van der Waals surface area contributed by atoms with Crippen LogP contribution in [0.3, 0.4) is 0 Å². The molecular formula is C17H22N2S. The molecule has 0 aliphatic heterocycles. The molecule has 0 aromatic heterocycles. The first-order valence-corrected chi connectivity index (χ1v) is 7.91. The highest BCUT2D eigenvalue weighted by Gasteiger charge is 2.15. The Morgan fingerprint density at radius 1 is 1.10 bits per heavy atom. The number of hydrogen-bond donors (Lipinski definition) is 2. The van der Waals surface area contributed by atoms with Gasteiger partial charge in [0.1, 0.15) is 0 Å². The van der Waals surface area contributed by atoms with E-state index in [9.17, 15) is 0 Å². The molecule has 0 bridgehead atoms. The average molecular weight is 286 g/mol. The van der Waals surface area contributed by atoms with Crippen molar-refractivity contribution in [2.24, 2.45) is 5.84 Å². The zero-order chi connectivity index (χ0) is 14.5. The van der Waals surface area contributed by atoms with Gasteiger partial charge in [0, 0.05) is 4.90 Å². The predicted octanol–water partition coefficient (Wildman–Crippen LogP) is 3.97. The fourth-order valence-electron chi connectivity index (χ4n) is 2.38. The minimum atomic E-state index is 0.0376. The number of nitrogens with one attached hydrogen (secondary N) is 1. The van der Waals surface area contributed by atoms with E-state index in [0.29, 0.717) is 0 Å². The zero-order valence-corrected chi connectivity index (χ0v) is 13.1. The van der Waals surface area contributed by atoms with Crippen molar-refractivity contribution in [3.8, 4) is 0 Å². The van der Waals surface area contributed by atoms with Crippen molar-refractivity contribution in [2.75, 3.05) is 5.75 Å². The molecule has 3 N–H and O–H groups in total. The second-order valence-electron chi connectivity index (χ2n) is 4.89. The zero-order valence-electron chi connectivity index (χ0n) is 12.3. The first-order chi connectivity index (χ1) is 9.67. The van der Waals surface area contributed by atoms with E-state index >= 15 is 0 Å². The van der Waals surface area contributed by atoms with E-state index < -0.39 is 0 Å².